The minimum atomic E-state index is -1.20. The largest absolute Gasteiger partial charge is 0.508 e. The number of hydrogen-bond donors (Lipinski definition) is 7. The van der Waals surface area contributed by atoms with Gasteiger partial charge in [-0.25, -0.2) is 0 Å². The fourth-order valence-corrected chi connectivity index (χ4v) is 5.21. The van der Waals surface area contributed by atoms with Crippen LogP contribution in [0, 0.1) is 0 Å². The first-order valence-electron chi connectivity index (χ1n) is 14.5. The SMILES string of the molecule is NC(=O)[C@H](Cc1ccccc1)NC(=O)[C@H](Cc1c[nH]c2ccccc12)NC(=O)C1(NC(=O)[C@@H](N)Cc2ccc(O)cc2)CC1. The number of amides is 4. The van der Waals surface area contributed by atoms with Gasteiger partial charge in [0.1, 0.15) is 23.4 Å². The van der Waals surface area contributed by atoms with Gasteiger partial charge in [-0.1, -0.05) is 60.7 Å². The Kier molecular flexibility index (Phi) is 8.96. The molecule has 11 heteroatoms. The van der Waals surface area contributed by atoms with Crippen LogP contribution in [0.2, 0.25) is 0 Å². The van der Waals surface area contributed by atoms with Gasteiger partial charge in [0.05, 0.1) is 6.04 Å². The second kappa shape index (κ2) is 13.0. The summed E-state index contributed by atoms with van der Waals surface area (Å²) in [6.45, 7) is 0. The third-order valence-electron chi connectivity index (χ3n) is 7.94. The number of phenolic OH excluding ortho intramolecular Hbond substituents is 1. The fourth-order valence-electron chi connectivity index (χ4n) is 5.21. The Labute approximate surface area is 254 Å². The monoisotopic (exact) mass is 596 g/mol. The Hall–Kier alpha value is -5.16. The summed E-state index contributed by atoms with van der Waals surface area (Å²) >= 11 is 0. The van der Waals surface area contributed by atoms with Gasteiger partial charge in [0.2, 0.25) is 23.6 Å². The van der Waals surface area contributed by atoms with Crippen LogP contribution in [0.1, 0.15) is 29.5 Å². The van der Waals surface area contributed by atoms with Crippen LogP contribution in [0.25, 0.3) is 10.9 Å². The van der Waals surface area contributed by atoms with Crippen molar-refractivity contribution in [2.75, 3.05) is 0 Å². The summed E-state index contributed by atoms with van der Waals surface area (Å²) in [5, 5.41) is 18.7. The molecule has 0 unspecified atom stereocenters. The molecule has 1 heterocycles. The maximum Gasteiger partial charge on any atom is 0.246 e. The number of nitrogens with two attached hydrogens (primary N) is 2. The number of benzene rings is 3. The van der Waals surface area contributed by atoms with Gasteiger partial charge < -0.3 is 37.5 Å². The van der Waals surface area contributed by atoms with E-state index in [1.54, 1.807) is 18.3 Å². The predicted molar refractivity (Wildman–Crippen MR) is 165 cm³/mol. The van der Waals surface area contributed by atoms with Gasteiger partial charge in [-0.15, -0.1) is 0 Å². The molecule has 1 aliphatic carbocycles. The number of aromatic hydroxyl groups is 1. The number of para-hydroxylation sites is 1. The predicted octanol–water partition coefficient (Wildman–Crippen LogP) is 1.33. The van der Waals surface area contributed by atoms with Crippen molar-refractivity contribution in [1.29, 1.82) is 0 Å². The van der Waals surface area contributed by atoms with Crippen molar-refractivity contribution in [3.8, 4) is 5.75 Å². The van der Waals surface area contributed by atoms with Crippen LogP contribution in [0.4, 0.5) is 0 Å². The maximum absolute atomic E-state index is 13.7. The minimum Gasteiger partial charge on any atom is -0.508 e. The number of rotatable bonds is 13. The van der Waals surface area contributed by atoms with E-state index >= 15 is 0 Å². The molecule has 4 aromatic rings. The average molecular weight is 597 g/mol. The number of primary amides is 1. The van der Waals surface area contributed by atoms with E-state index in [0.717, 1.165) is 27.6 Å². The normalized spacial score (nSPS) is 15.5. The topological polar surface area (TPSA) is 192 Å². The van der Waals surface area contributed by atoms with Crippen LogP contribution in [0.5, 0.6) is 5.75 Å². The first kappa shape index (κ1) is 30.3. The lowest BCUT2D eigenvalue weighted by Crippen LogP contribution is -2.59. The highest BCUT2D eigenvalue weighted by Crippen LogP contribution is 2.36. The van der Waals surface area contributed by atoms with Crippen LogP contribution in [-0.4, -0.2) is 57.4 Å². The fraction of sp³-hybridized carbons (Fsp3) is 0.273. The zero-order valence-corrected chi connectivity index (χ0v) is 24.1. The van der Waals surface area contributed by atoms with Gasteiger partial charge in [-0.2, -0.15) is 0 Å². The van der Waals surface area contributed by atoms with Gasteiger partial charge in [-0.05, 0) is 54.2 Å². The van der Waals surface area contributed by atoms with Gasteiger partial charge in [0.15, 0.2) is 0 Å². The Morgan fingerprint density at radius 2 is 1.45 bits per heavy atom. The Bertz CT molecular complexity index is 1650. The van der Waals surface area contributed by atoms with E-state index in [0.29, 0.717) is 12.8 Å². The Morgan fingerprint density at radius 3 is 2.14 bits per heavy atom. The highest BCUT2D eigenvalue weighted by atomic mass is 16.3. The number of hydrogen-bond acceptors (Lipinski definition) is 6. The molecule has 0 spiro atoms. The molecule has 1 aliphatic rings. The molecule has 9 N–H and O–H groups in total. The molecule has 1 fully saturated rings. The summed E-state index contributed by atoms with van der Waals surface area (Å²) < 4.78 is 0. The molecule has 0 saturated heterocycles. The summed E-state index contributed by atoms with van der Waals surface area (Å²) in [4.78, 5) is 55.8. The molecule has 1 aromatic heterocycles. The zero-order valence-electron chi connectivity index (χ0n) is 24.1. The zero-order chi connectivity index (χ0) is 31.3. The second-order valence-corrected chi connectivity index (χ2v) is 11.3. The minimum absolute atomic E-state index is 0.105. The standard InChI is InChI=1S/C33H36N6O5/c34-25(16-21-10-12-23(40)13-11-21)30(42)39-33(14-15-33)32(44)38-28(18-22-19-36-26-9-5-4-8-24(22)26)31(43)37-27(29(35)41)17-20-6-2-1-3-7-20/h1-13,19,25,27-28,36,40H,14-18,34H2,(H2,35,41)(H,37,43)(H,38,44)(H,39,42)/t25-,27-,28-/m0/s1. The summed E-state index contributed by atoms with van der Waals surface area (Å²) in [6.07, 6.45) is 3.08. The van der Waals surface area contributed by atoms with Crippen molar-refractivity contribution in [2.24, 2.45) is 11.5 Å². The van der Waals surface area contributed by atoms with E-state index in [2.05, 4.69) is 20.9 Å². The van der Waals surface area contributed by atoms with Gasteiger partial charge in [0, 0.05) is 29.9 Å². The molecule has 5 rings (SSSR count). The third kappa shape index (κ3) is 7.24. The van der Waals surface area contributed by atoms with Crippen molar-refractivity contribution in [3.05, 3.63) is 102 Å². The van der Waals surface area contributed by atoms with Crippen LogP contribution < -0.4 is 27.4 Å². The van der Waals surface area contributed by atoms with Crippen molar-refractivity contribution >= 4 is 34.5 Å². The summed E-state index contributed by atoms with van der Waals surface area (Å²) in [7, 11) is 0. The molecular weight excluding hydrogens is 560 g/mol. The maximum atomic E-state index is 13.7. The van der Waals surface area contributed by atoms with E-state index in [9.17, 15) is 24.3 Å². The van der Waals surface area contributed by atoms with Crippen molar-refractivity contribution < 1.29 is 24.3 Å². The molecule has 3 aromatic carbocycles. The molecule has 1 saturated carbocycles. The number of aromatic amines is 1. The quantitative estimate of drug-likeness (QED) is 0.122. The van der Waals surface area contributed by atoms with E-state index in [1.807, 2.05) is 54.6 Å². The lowest BCUT2D eigenvalue weighted by molar-refractivity contribution is -0.134. The molecule has 0 aliphatic heterocycles. The van der Waals surface area contributed by atoms with Gasteiger partial charge in [0.25, 0.3) is 0 Å². The number of aromatic nitrogens is 1. The molecule has 4 amide bonds. The molecule has 0 bridgehead atoms. The van der Waals surface area contributed by atoms with Gasteiger partial charge in [-0.3, -0.25) is 19.2 Å². The van der Waals surface area contributed by atoms with E-state index in [4.69, 9.17) is 11.5 Å². The number of carbonyl (C=O) groups excluding carboxylic acids is 4. The molecule has 44 heavy (non-hydrogen) atoms. The van der Waals surface area contributed by atoms with E-state index in [-0.39, 0.29) is 25.0 Å². The summed E-state index contributed by atoms with van der Waals surface area (Å²) in [5.74, 6) is -2.18. The van der Waals surface area contributed by atoms with Crippen LogP contribution in [-0.2, 0) is 38.4 Å². The van der Waals surface area contributed by atoms with Crippen LogP contribution in [0.15, 0.2) is 85.1 Å². The third-order valence-corrected chi connectivity index (χ3v) is 7.94. The molecule has 11 nitrogen and oxygen atoms in total. The number of fused-ring (bicyclic) bond motifs is 1. The Morgan fingerprint density at radius 1 is 0.795 bits per heavy atom. The molecule has 228 valence electrons. The molecular formula is C33H36N6O5. The number of phenols is 1. The molecule has 0 radical (unpaired) electrons. The van der Waals surface area contributed by atoms with Crippen molar-refractivity contribution in [2.45, 2.75) is 55.8 Å². The lowest BCUT2D eigenvalue weighted by Gasteiger charge is -2.25. The first-order chi connectivity index (χ1) is 21.1. The van der Waals surface area contributed by atoms with E-state index < -0.39 is 47.3 Å². The molecule has 3 atom stereocenters. The highest BCUT2D eigenvalue weighted by Gasteiger charge is 2.52. The van der Waals surface area contributed by atoms with Crippen LogP contribution in [0.3, 0.4) is 0 Å². The lowest BCUT2D eigenvalue weighted by atomic mass is 10.0. The first-order valence-corrected chi connectivity index (χ1v) is 14.5. The number of nitrogens with one attached hydrogen (secondary N) is 4. The van der Waals surface area contributed by atoms with Gasteiger partial charge >= 0.3 is 0 Å². The highest BCUT2D eigenvalue weighted by molar-refractivity contribution is 5.99. The number of H-pyrrole nitrogens is 1. The summed E-state index contributed by atoms with van der Waals surface area (Å²) in [6, 6.07) is 20.1. The number of carbonyl (C=O) groups is 4. The Balaban J connectivity index is 1.31. The van der Waals surface area contributed by atoms with Crippen molar-refractivity contribution in [3.63, 3.8) is 0 Å². The van der Waals surface area contributed by atoms with Crippen LogP contribution >= 0.6 is 0 Å². The van der Waals surface area contributed by atoms with E-state index in [1.165, 1.54) is 12.1 Å². The smallest absolute Gasteiger partial charge is 0.246 e. The average Bonchev–Trinajstić information content (AvgIpc) is 3.69. The van der Waals surface area contributed by atoms with Crippen molar-refractivity contribution in [1.82, 2.24) is 20.9 Å². The second-order valence-electron chi connectivity index (χ2n) is 11.3. The summed E-state index contributed by atoms with van der Waals surface area (Å²) in [5.41, 5.74) is 13.8.